The standard InChI is InChI=1S/C15H18N4OS2/c1-5-11(20)7-6-9(2)19(4)15-18-12(8-21-15)13-10(3)17-14(16)22-13/h5-8,20H,1H2,2-4H3,(H2,16,17)/b9-6+,11-7+. The van der Waals surface area contributed by atoms with E-state index < -0.39 is 0 Å². The highest BCUT2D eigenvalue weighted by molar-refractivity contribution is 7.19. The lowest BCUT2D eigenvalue weighted by Gasteiger charge is -2.15. The number of nitrogens with zero attached hydrogens (tertiary/aromatic N) is 3. The zero-order valence-corrected chi connectivity index (χ0v) is 14.3. The van der Waals surface area contributed by atoms with Crippen molar-refractivity contribution in [2.45, 2.75) is 13.8 Å². The zero-order valence-electron chi connectivity index (χ0n) is 12.7. The third kappa shape index (κ3) is 3.55. The summed E-state index contributed by atoms with van der Waals surface area (Å²) >= 11 is 2.99. The van der Waals surface area contributed by atoms with Crippen molar-refractivity contribution < 1.29 is 5.11 Å². The lowest BCUT2D eigenvalue weighted by molar-refractivity contribution is 0.433. The van der Waals surface area contributed by atoms with Crippen LogP contribution < -0.4 is 10.6 Å². The Balaban J connectivity index is 2.24. The van der Waals surface area contributed by atoms with Crippen LogP contribution in [0.2, 0.25) is 0 Å². The second-order valence-corrected chi connectivity index (χ2v) is 6.51. The molecule has 0 bridgehead atoms. The Labute approximate surface area is 137 Å². The summed E-state index contributed by atoms with van der Waals surface area (Å²) in [4.78, 5) is 11.8. The van der Waals surface area contributed by atoms with Crippen molar-refractivity contribution in [1.29, 1.82) is 0 Å². The monoisotopic (exact) mass is 334 g/mol. The molecule has 5 nitrogen and oxygen atoms in total. The number of aliphatic hydroxyl groups is 1. The fourth-order valence-corrected chi connectivity index (χ4v) is 3.42. The lowest BCUT2D eigenvalue weighted by Crippen LogP contribution is -2.13. The van der Waals surface area contributed by atoms with Crippen LogP contribution in [-0.4, -0.2) is 22.1 Å². The molecule has 116 valence electrons. The molecule has 7 heteroatoms. The predicted octanol–water partition coefficient (Wildman–Crippen LogP) is 4.13. The molecule has 2 rings (SSSR count). The minimum absolute atomic E-state index is 0.128. The highest BCUT2D eigenvalue weighted by Gasteiger charge is 2.14. The first-order chi connectivity index (χ1) is 10.4. The van der Waals surface area contributed by atoms with Gasteiger partial charge in [0.2, 0.25) is 0 Å². The van der Waals surface area contributed by atoms with Crippen molar-refractivity contribution in [3.05, 3.63) is 47.3 Å². The topological polar surface area (TPSA) is 75.3 Å². The number of aryl methyl sites for hydroxylation is 1. The second kappa shape index (κ2) is 6.76. The minimum Gasteiger partial charge on any atom is -0.508 e. The number of nitrogens with two attached hydrogens (primary N) is 1. The Morgan fingerprint density at radius 2 is 2.14 bits per heavy atom. The van der Waals surface area contributed by atoms with Gasteiger partial charge in [0.1, 0.15) is 5.76 Å². The molecule has 3 N–H and O–H groups in total. The molecule has 0 unspecified atom stereocenters. The van der Waals surface area contributed by atoms with Crippen LogP contribution in [0.1, 0.15) is 12.6 Å². The maximum Gasteiger partial charge on any atom is 0.189 e. The van der Waals surface area contributed by atoms with Gasteiger partial charge in [0.25, 0.3) is 0 Å². The van der Waals surface area contributed by atoms with Crippen LogP contribution in [-0.2, 0) is 0 Å². The van der Waals surface area contributed by atoms with Crippen molar-refractivity contribution in [3.8, 4) is 10.6 Å². The number of aliphatic hydroxyl groups excluding tert-OH is 1. The smallest absolute Gasteiger partial charge is 0.189 e. The quantitative estimate of drug-likeness (QED) is 0.635. The molecule has 0 aliphatic carbocycles. The van der Waals surface area contributed by atoms with E-state index in [0.29, 0.717) is 5.13 Å². The zero-order chi connectivity index (χ0) is 16.3. The fourth-order valence-electron chi connectivity index (χ4n) is 1.71. The first kappa shape index (κ1) is 16.3. The first-order valence-corrected chi connectivity index (χ1v) is 8.24. The molecule has 0 aliphatic heterocycles. The maximum atomic E-state index is 9.39. The first-order valence-electron chi connectivity index (χ1n) is 6.55. The Morgan fingerprint density at radius 3 is 2.73 bits per heavy atom. The van der Waals surface area contributed by atoms with Gasteiger partial charge in [-0.15, -0.1) is 11.3 Å². The number of thiazole rings is 2. The molecular weight excluding hydrogens is 316 g/mol. The summed E-state index contributed by atoms with van der Waals surface area (Å²) in [5.74, 6) is 0.128. The van der Waals surface area contributed by atoms with E-state index in [-0.39, 0.29) is 5.76 Å². The van der Waals surface area contributed by atoms with Gasteiger partial charge in [-0.05, 0) is 32.1 Å². The number of nitrogen functional groups attached to an aromatic ring is 1. The Morgan fingerprint density at radius 1 is 1.41 bits per heavy atom. The van der Waals surface area contributed by atoms with Crippen molar-refractivity contribution in [2.75, 3.05) is 17.7 Å². The summed E-state index contributed by atoms with van der Waals surface area (Å²) in [5.41, 5.74) is 8.47. The van der Waals surface area contributed by atoms with Crippen LogP contribution >= 0.6 is 22.7 Å². The van der Waals surface area contributed by atoms with Crippen molar-refractivity contribution in [3.63, 3.8) is 0 Å². The number of hydrogen-bond acceptors (Lipinski definition) is 7. The largest absolute Gasteiger partial charge is 0.508 e. The van der Waals surface area contributed by atoms with Crippen LogP contribution in [0, 0.1) is 6.92 Å². The van der Waals surface area contributed by atoms with Crippen LogP contribution in [0.25, 0.3) is 10.6 Å². The lowest BCUT2D eigenvalue weighted by atomic mass is 10.3. The van der Waals surface area contributed by atoms with Crippen LogP contribution in [0.4, 0.5) is 10.3 Å². The molecule has 0 spiro atoms. The van der Waals surface area contributed by atoms with Crippen LogP contribution in [0.15, 0.2) is 41.6 Å². The number of aromatic nitrogens is 2. The summed E-state index contributed by atoms with van der Waals surface area (Å²) < 4.78 is 0. The maximum absolute atomic E-state index is 9.39. The summed E-state index contributed by atoms with van der Waals surface area (Å²) in [7, 11) is 1.93. The number of anilines is 2. The Hall–Kier alpha value is -2.12. The third-order valence-electron chi connectivity index (χ3n) is 3.06. The molecule has 2 aromatic rings. The summed E-state index contributed by atoms with van der Waals surface area (Å²) in [5, 5.41) is 12.8. The SMILES string of the molecule is C=C/C(O)=C\C=C(/C)N(C)c1nc(-c2sc(N)nc2C)cs1. The highest BCUT2D eigenvalue weighted by Crippen LogP contribution is 2.34. The van der Waals surface area contributed by atoms with E-state index in [9.17, 15) is 5.11 Å². The molecule has 0 aromatic carbocycles. The molecule has 0 amide bonds. The van der Waals surface area contributed by atoms with E-state index >= 15 is 0 Å². The molecule has 0 saturated heterocycles. The van der Waals surface area contributed by atoms with Gasteiger partial charge < -0.3 is 15.7 Å². The van der Waals surface area contributed by atoms with E-state index in [1.807, 2.05) is 37.3 Å². The van der Waals surface area contributed by atoms with Crippen LogP contribution in [0.3, 0.4) is 0 Å². The molecule has 22 heavy (non-hydrogen) atoms. The second-order valence-electron chi connectivity index (χ2n) is 4.64. The summed E-state index contributed by atoms with van der Waals surface area (Å²) in [6, 6.07) is 0. The fraction of sp³-hybridized carbons (Fsp3) is 0.200. The van der Waals surface area contributed by atoms with Crippen LogP contribution in [0.5, 0.6) is 0 Å². The van der Waals surface area contributed by atoms with E-state index in [1.54, 1.807) is 17.4 Å². The molecule has 2 heterocycles. The summed E-state index contributed by atoms with van der Waals surface area (Å²) in [6.07, 6.45) is 4.80. The molecule has 2 aromatic heterocycles. The minimum atomic E-state index is 0.128. The van der Waals surface area contributed by atoms with Gasteiger partial charge in [0.05, 0.1) is 16.3 Å². The Bertz CT molecular complexity index is 743. The molecule has 0 aliphatic rings. The van der Waals surface area contributed by atoms with Gasteiger partial charge in [-0.2, -0.15) is 0 Å². The molecule has 0 saturated carbocycles. The molecule has 0 fully saturated rings. The van der Waals surface area contributed by atoms with Gasteiger partial charge >= 0.3 is 0 Å². The normalized spacial score (nSPS) is 12.5. The molecular formula is C15H18N4OS2. The van der Waals surface area contributed by atoms with Gasteiger partial charge in [-0.25, -0.2) is 9.97 Å². The average molecular weight is 334 g/mol. The molecule has 0 atom stereocenters. The van der Waals surface area contributed by atoms with E-state index in [0.717, 1.165) is 27.1 Å². The van der Waals surface area contributed by atoms with E-state index in [2.05, 4.69) is 16.5 Å². The van der Waals surface area contributed by atoms with Crippen molar-refractivity contribution >= 4 is 32.9 Å². The van der Waals surface area contributed by atoms with E-state index in [4.69, 9.17) is 5.73 Å². The van der Waals surface area contributed by atoms with Gasteiger partial charge in [-0.3, -0.25) is 0 Å². The third-order valence-corrected chi connectivity index (χ3v) is 4.98. The van der Waals surface area contributed by atoms with Crippen molar-refractivity contribution in [2.24, 2.45) is 0 Å². The highest BCUT2D eigenvalue weighted by atomic mass is 32.1. The Kier molecular flexibility index (Phi) is 4.99. The predicted molar refractivity (Wildman–Crippen MR) is 95.4 cm³/mol. The summed E-state index contributed by atoms with van der Waals surface area (Å²) in [6.45, 7) is 7.38. The number of rotatable bonds is 5. The molecule has 0 radical (unpaired) electrons. The van der Waals surface area contributed by atoms with Gasteiger partial charge in [0, 0.05) is 18.1 Å². The number of allylic oxidation sites excluding steroid dienone is 4. The van der Waals surface area contributed by atoms with Crippen molar-refractivity contribution in [1.82, 2.24) is 9.97 Å². The van der Waals surface area contributed by atoms with Gasteiger partial charge in [0.15, 0.2) is 10.3 Å². The average Bonchev–Trinajstić information content (AvgIpc) is 3.09. The number of hydrogen-bond donors (Lipinski definition) is 2. The van der Waals surface area contributed by atoms with Gasteiger partial charge in [-0.1, -0.05) is 17.9 Å². The van der Waals surface area contributed by atoms with E-state index in [1.165, 1.54) is 17.4 Å².